The molecule has 0 saturated carbocycles. The summed E-state index contributed by atoms with van der Waals surface area (Å²) >= 11 is 0. The van der Waals surface area contributed by atoms with Crippen LogP contribution in [-0.4, -0.2) is 22.4 Å². The zero-order valence-electron chi connectivity index (χ0n) is 30.8. The summed E-state index contributed by atoms with van der Waals surface area (Å²) in [5, 5.41) is 6.11. The number of nitrogens with zero attached hydrogens (tertiary/aromatic N) is 3. The Morgan fingerprint density at radius 1 is 0.500 bits per heavy atom. The number of para-hydroxylation sites is 1. The lowest BCUT2D eigenvalue weighted by Crippen LogP contribution is -2.39. The van der Waals surface area contributed by atoms with Gasteiger partial charge in [-0.2, -0.15) is 0 Å². The van der Waals surface area contributed by atoms with Gasteiger partial charge in [0.05, 0.1) is 11.0 Å². The molecule has 0 bridgehead atoms. The number of nitrogens with one attached hydrogen (secondary N) is 1. The van der Waals surface area contributed by atoms with E-state index in [1.165, 1.54) is 60.8 Å². The van der Waals surface area contributed by atoms with Crippen LogP contribution in [0.25, 0.3) is 49.7 Å². The van der Waals surface area contributed by atoms with E-state index in [0.29, 0.717) is 0 Å². The highest BCUT2D eigenvalue weighted by molar-refractivity contribution is 6.17. The average molecular weight is 719 g/mol. The molecule has 0 amide bonds. The molecule has 1 aliphatic heterocycles. The maximum absolute atomic E-state index is 5.21. The first-order valence-corrected chi connectivity index (χ1v) is 19.5. The topological polar surface area (TPSA) is 41.7 Å². The highest BCUT2D eigenvalue weighted by Crippen LogP contribution is 2.53. The Balaban J connectivity index is 1.06. The van der Waals surface area contributed by atoms with Crippen molar-refractivity contribution < 1.29 is 0 Å². The molecule has 4 nitrogen and oxygen atoms in total. The van der Waals surface area contributed by atoms with E-state index >= 15 is 0 Å². The normalized spacial score (nSPS) is 18.3. The molecule has 3 atom stereocenters. The summed E-state index contributed by atoms with van der Waals surface area (Å²) in [5.41, 5.74) is 14.8. The van der Waals surface area contributed by atoms with Gasteiger partial charge in [-0.05, 0) is 70.1 Å². The number of benzene rings is 7. The molecular formula is C52H38N4. The Morgan fingerprint density at radius 3 is 1.86 bits per heavy atom. The van der Waals surface area contributed by atoms with E-state index in [0.717, 1.165) is 34.9 Å². The first-order valence-electron chi connectivity index (χ1n) is 19.5. The zero-order valence-corrected chi connectivity index (χ0v) is 30.8. The van der Waals surface area contributed by atoms with Crippen molar-refractivity contribution in [3.63, 3.8) is 0 Å². The largest absolute Gasteiger partial charge is 0.324 e. The van der Waals surface area contributed by atoms with Gasteiger partial charge in [-0.25, -0.2) is 9.98 Å². The Kier molecular flexibility index (Phi) is 7.73. The first-order chi connectivity index (χ1) is 27.8. The Hall–Kier alpha value is -7.04. The monoisotopic (exact) mass is 718 g/mol. The van der Waals surface area contributed by atoms with E-state index in [1.54, 1.807) is 0 Å². The molecule has 0 saturated heterocycles. The molecule has 2 heterocycles. The van der Waals surface area contributed by atoms with Crippen LogP contribution in [0.2, 0.25) is 0 Å². The van der Waals surface area contributed by atoms with Crippen LogP contribution in [-0.2, 0) is 0 Å². The SMILES string of the molecule is C1=CCC(C2N=C(c3ccccc3)NC(c3ccc(-n4c5ccccc5c5ccc6c(c54)-c4ccccc4C6c4ccccc4-c4ccccc4)cc3)=N2)C=C1. The molecule has 8 aromatic rings. The fourth-order valence-corrected chi connectivity index (χ4v) is 9.11. The molecule has 2 aliphatic carbocycles. The van der Waals surface area contributed by atoms with Crippen LogP contribution in [0.4, 0.5) is 0 Å². The van der Waals surface area contributed by atoms with Gasteiger partial charge in [0.15, 0.2) is 6.17 Å². The van der Waals surface area contributed by atoms with Gasteiger partial charge in [0.25, 0.3) is 0 Å². The van der Waals surface area contributed by atoms with Gasteiger partial charge < -0.3 is 9.88 Å². The second kappa shape index (κ2) is 13.4. The summed E-state index contributed by atoms with van der Waals surface area (Å²) in [5.74, 6) is 2.01. The molecule has 0 spiro atoms. The minimum absolute atomic E-state index is 0.106. The Morgan fingerprint density at radius 2 is 1.12 bits per heavy atom. The van der Waals surface area contributed by atoms with Crippen molar-refractivity contribution in [2.45, 2.75) is 18.5 Å². The van der Waals surface area contributed by atoms with Crippen LogP contribution in [0, 0.1) is 5.92 Å². The summed E-state index contributed by atoms with van der Waals surface area (Å²) in [7, 11) is 0. The van der Waals surface area contributed by atoms with Crippen LogP contribution < -0.4 is 5.32 Å². The number of fused-ring (bicyclic) bond motifs is 7. The standard InChI is InChI=1S/C52H38N4/c1-4-16-34(17-5-1)39-22-10-11-24-41(39)47-42-25-12-13-26-43(42)48-45(47)33-32-44-40-23-14-15-27-46(40)56(49(44)48)38-30-28-37(29-31-38)52-54-50(35-18-6-2-7-19-35)53-51(55-52)36-20-8-3-9-21-36/h1-20,22-33,36,47,51H,21H2,(H,53,54,55). The van der Waals surface area contributed by atoms with E-state index in [-0.39, 0.29) is 18.0 Å². The quantitative estimate of drug-likeness (QED) is 0.183. The number of aromatic nitrogens is 1. The van der Waals surface area contributed by atoms with Crippen molar-refractivity contribution >= 4 is 33.5 Å². The van der Waals surface area contributed by atoms with Gasteiger partial charge >= 0.3 is 0 Å². The molecule has 11 rings (SSSR count). The molecule has 1 aromatic heterocycles. The van der Waals surface area contributed by atoms with E-state index in [4.69, 9.17) is 9.98 Å². The molecule has 7 aromatic carbocycles. The number of hydrogen-bond acceptors (Lipinski definition) is 3. The predicted octanol–water partition coefficient (Wildman–Crippen LogP) is 11.9. The number of rotatable bonds is 6. The summed E-state index contributed by atoms with van der Waals surface area (Å²) in [4.78, 5) is 10.3. The van der Waals surface area contributed by atoms with Crippen molar-refractivity contribution in [2.24, 2.45) is 15.9 Å². The fraction of sp³-hybridized carbons (Fsp3) is 0.0769. The minimum Gasteiger partial charge on any atom is -0.324 e. The lowest BCUT2D eigenvalue weighted by Gasteiger charge is -2.26. The summed E-state index contributed by atoms with van der Waals surface area (Å²) in [6, 6.07) is 61.6. The van der Waals surface area contributed by atoms with Gasteiger partial charge in [-0.3, -0.25) is 0 Å². The van der Waals surface area contributed by atoms with Gasteiger partial charge in [0, 0.05) is 45.0 Å². The Bertz CT molecular complexity index is 2910. The van der Waals surface area contributed by atoms with Crippen LogP contribution in [0.3, 0.4) is 0 Å². The van der Waals surface area contributed by atoms with Crippen LogP contribution in [0.15, 0.2) is 204 Å². The highest BCUT2D eigenvalue weighted by Gasteiger charge is 2.34. The number of amidine groups is 2. The second-order valence-corrected chi connectivity index (χ2v) is 14.9. The third-order valence-corrected chi connectivity index (χ3v) is 11.7. The third kappa shape index (κ3) is 5.29. The maximum atomic E-state index is 5.21. The summed E-state index contributed by atoms with van der Waals surface area (Å²) < 4.78 is 2.48. The predicted molar refractivity (Wildman–Crippen MR) is 232 cm³/mol. The molecule has 3 unspecified atom stereocenters. The minimum atomic E-state index is -0.206. The molecule has 3 aliphatic rings. The van der Waals surface area contributed by atoms with Gasteiger partial charge in [-0.1, -0.05) is 164 Å². The highest BCUT2D eigenvalue weighted by atomic mass is 15.2. The average Bonchev–Trinajstić information content (AvgIpc) is 3.80. The molecule has 4 heteroatoms. The fourth-order valence-electron chi connectivity index (χ4n) is 9.11. The number of allylic oxidation sites excluding steroid dienone is 3. The van der Waals surface area contributed by atoms with E-state index in [2.05, 4.69) is 198 Å². The lowest BCUT2D eigenvalue weighted by molar-refractivity contribution is 0.517. The van der Waals surface area contributed by atoms with Gasteiger partial charge in [0.1, 0.15) is 11.7 Å². The van der Waals surface area contributed by atoms with Crippen molar-refractivity contribution in [2.75, 3.05) is 0 Å². The maximum Gasteiger partial charge on any atom is 0.150 e. The van der Waals surface area contributed by atoms with Crippen molar-refractivity contribution in [1.82, 2.24) is 9.88 Å². The summed E-state index contributed by atoms with van der Waals surface area (Å²) in [6.07, 6.45) is 9.37. The van der Waals surface area contributed by atoms with E-state index < -0.39 is 0 Å². The van der Waals surface area contributed by atoms with Crippen LogP contribution in [0.5, 0.6) is 0 Å². The number of aliphatic imine (C=N–C) groups is 2. The van der Waals surface area contributed by atoms with E-state index in [1.807, 2.05) is 6.07 Å². The lowest BCUT2D eigenvalue weighted by atomic mass is 9.84. The second-order valence-electron chi connectivity index (χ2n) is 14.9. The van der Waals surface area contributed by atoms with Crippen molar-refractivity contribution in [3.05, 3.63) is 222 Å². The van der Waals surface area contributed by atoms with Crippen molar-refractivity contribution in [3.8, 4) is 27.9 Å². The molecule has 266 valence electrons. The molecule has 0 fully saturated rings. The van der Waals surface area contributed by atoms with Gasteiger partial charge in [0.2, 0.25) is 0 Å². The molecule has 1 N–H and O–H groups in total. The first kappa shape index (κ1) is 32.4. The summed E-state index contributed by atoms with van der Waals surface area (Å²) in [6.45, 7) is 0. The Labute approximate surface area is 326 Å². The van der Waals surface area contributed by atoms with E-state index in [9.17, 15) is 0 Å². The molecular weight excluding hydrogens is 681 g/mol. The zero-order chi connectivity index (χ0) is 37.0. The smallest absolute Gasteiger partial charge is 0.150 e. The van der Waals surface area contributed by atoms with Crippen molar-refractivity contribution in [1.29, 1.82) is 0 Å². The van der Waals surface area contributed by atoms with Crippen LogP contribution in [0.1, 0.15) is 40.2 Å². The van der Waals surface area contributed by atoms with Crippen LogP contribution >= 0.6 is 0 Å². The molecule has 56 heavy (non-hydrogen) atoms. The number of hydrogen-bond donors (Lipinski definition) is 1. The molecule has 0 radical (unpaired) electrons. The van der Waals surface area contributed by atoms with Gasteiger partial charge in [-0.15, -0.1) is 0 Å². The third-order valence-electron chi connectivity index (χ3n) is 11.7.